The monoisotopic (exact) mass is 449 g/mol. The number of nitrogens with zero attached hydrogens (tertiary/aromatic N) is 4. The highest BCUT2D eigenvalue weighted by Gasteiger charge is 2.36. The first-order chi connectivity index (χ1) is 13.7. The molecule has 156 valence electrons. The average molecular weight is 450 g/mol. The number of nitrogens with one attached hydrogen (secondary N) is 1. The van der Waals surface area contributed by atoms with Gasteiger partial charge < -0.3 is 10.1 Å². The van der Waals surface area contributed by atoms with E-state index >= 15 is 0 Å². The summed E-state index contributed by atoms with van der Waals surface area (Å²) in [6, 6.07) is 1.74. The van der Waals surface area contributed by atoms with Crippen LogP contribution in [0.1, 0.15) is 35.7 Å². The van der Waals surface area contributed by atoms with Gasteiger partial charge in [-0.15, -0.1) is 0 Å². The largest absolute Gasteiger partial charge is 0.482 e. The molecule has 0 saturated carbocycles. The number of alkyl halides is 3. The maximum atomic E-state index is 13.1. The molecule has 0 aliphatic heterocycles. The zero-order valence-electron chi connectivity index (χ0n) is 15.2. The summed E-state index contributed by atoms with van der Waals surface area (Å²) < 4.78 is 46.5. The summed E-state index contributed by atoms with van der Waals surface area (Å²) in [7, 11) is 0. The Kier molecular flexibility index (Phi) is 5.85. The van der Waals surface area contributed by atoms with Gasteiger partial charge in [-0.05, 0) is 13.8 Å². The number of rotatable bonds is 6. The summed E-state index contributed by atoms with van der Waals surface area (Å²) in [5.41, 5.74) is -1.66. The van der Waals surface area contributed by atoms with Crippen molar-refractivity contribution in [2.24, 2.45) is 0 Å². The molecule has 0 atom stereocenters. The summed E-state index contributed by atoms with van der Waals surface area (Å²) in [6.07, 6.45) is -4.67. The summed E-state index contributed by atoms with van der Waals surface area (Å²) in [5, 5.41) is 6.07. The Labute approximate surface area is 170 Å². The molecule has 0 unspecified atom stereocenters. The van der Waals surface area contributed by atoms with Crippen LogP contribution in [0, 0.1) is 0 Å². The highest BCUT2D eigenvalue weighted by Crippen LogP contribution is 2.32. The van der Waals surface area contributed by atoms with E-state index in [2.05, 4.69) is 15.4 Å². The number of hydrogen-bond acceptors (Lipinski definition) is 6. The minimum Gasteiger partial charge on any atom is -0.482 e. The molecule has 0 aliphatic carbocycles. The number of carbonyl (C=O) groups is 1. The van der Waals surface area contributed by atoms with Crippen molar-refractivity contribution in [3.8, 4) is 5.06 Å². The molecule has 0 fully saturated rings. The first kappa shape index (κ1) is 21.1. The highest BCUT2D eigenvalue weighted by molar-refractivity contribution is 7.19. The Bertz CT molecular complexity index is 1120. The van der Waals surface area contributed by atoms with Crippen LogP contribution in [0.5, 0.6) is 5.06 Å². The fraction of sp³-hybridized carbons (Fsp3) is 0.375. The lowest BCUT2D eigenvalue weighted by molar-refractivity contribution is -0.144. The highest BCUT2D eigenvalue weighted by atomic mass is 35.5. The van der Waals surface area contributed by atoms with Crippen LogP contribution >= 0.6 is 22.9 Å². The second-order valence-corrected chi connectivity index (χ2v) is 7.07. The molecule has 0 spiro atoms. The number of halogens is 4. The summed E-state index contributed by atoms with van der Waals surface area (Å²) in [5.74, 6) is -0.517. The van der Waals surface area contributed by atoms with Crippen LogP contribution in [0.15, 0.2) is 16.9 Å². The maximum absolute atomic E-state index is 13.1. The molecule has 0 radical (unpaired) electrons. The average Bonchev–Trinajstić information content (AvgIpc) is 3.15. The molecule has 0 bridgehead atoms. The molecule has 8 nitrogen and oxygen atoms in total. The minimum atomic E-state index is -4.67. The van der Waals surface area contributed by atoms with Crippen molar-refractivity contribution in [3.63, 3.8) is 0 Å². The van der Waals surface area contributed by atoms with E-state index in [4.69, 9.17) is 16.3 Å². The van der Waals surface area contributed by atoms with Crippen LogP contribution in [-0.4, -0.2) is 38.2 Å². The van der Waals surface area contributed by atoms with Crippen molar-refractivity contribution >= 4 is 33.8 Å². The van der Waals surface area contributed by atoms with Crippen LogP contribution in [0.25, 0.3) is 4.96 Å². The molecule has 3 rings (SSSR count). The van der Waals surface area contributed by atoms with E-state index in [0.29, 0.717) is 17.3 Å². The van der Waals surface area contributed by atoms with Crippen molar-refractivity contribution in [2.45, 2.75) is 26.6 Å². The lowest BCUT2D eigenvalue weighted by Crippen LogP contribution is -2.28. The predicted molar refractivity (Wildman–Crippen MR) is 99.9 cm³/mol. The van der Waals surface area contributed by atoms with Crippen LogP contribution in [0.4, 0.5) is 13.2 Å². The van der Waals surface area contributed by atoms with Crippen LogP contribution < -0.4 is 15.6 Å². The molecule has 0 aliphatic rings. The van der Waals surface area contributed by atoms with Gasteiger partial charge in [-0.2, -0.15) is 18.3 Å². The Morgan fingerprint density at radius 3 is 2.69 bits per heavy atom. The van der Waals surface area contributed by atoms with Crippen LogP contribution in [-0.2, 0) is 12.7 Å². The third-order valence-electron chi connectivity index (χ3n) is 3.72. The van der Waals surface area contributed by atoms with Gasteiger partial charge in [0.2, 0.25) is 10.0 Å². The molecule has 3 aromatic rings. The van der Waals surface area contributed by atoms with E-state index in [1.807, 2.05) is 0 Å². The SMILES string of the molecule is CCNC(=O)c1c(OCC)sc2nc(Cn3nc(Cl)cc3C(F)(F)F)cc(=O)n12. The molecular weight excluding hydrogens is 435 g/mol. The van der Waals surface area contributed by atoms with E-state index in [1.54, 1.807) is 13.8 Å². The summed E-state index contributed by atoms with van der Waals surface area (Å²) in [4.78, 5) is 29.4. The Morgan fingerprint density at radius 1 is 1.34 bits per heavy atom. The fourth-order valence-corrected chi connectivity index (χ4v) is 3.89. The number of amides is 1. The first-order valence-corrected chi connectivity index (χ1v) is 9.62. The number of fused-ring (bicyclic) bond motifs is 1. The van der Waals surface area contributed by atoms with E-state index in [0.717, 1.165) is 21.8 Å². The topological polar surface area (TPSA) is 90.5 Å². The van der Waals surface area contributed by atoms with Crippen LogP contribution in [0.2, 0.25) is 5.15 Å². The van der Waals surface area contributed by atoms with Gasteiger partial charge in [-0.3, -0.25) is 14.3 Å². The van der Waals surface area contributed by atoms with Gasteiger partial charge in [-0.25, -0.2) is 9.38 Å². The van der Waals surface area contributed by atoms with E-state index in [1.165, 1.54) is 0 Å². The molecule has 3 heterocycles. The summed E-state index contributed by atoms with van der Waals surface area (Å²) >= 11 is 6.56. The Hall–Kier alpha value is -2.60. The lowest BCUT2D eigenvalue weighted by atomic mass is 10.3. The minimum absolute atomic E-state index is 0.00383. The smallest absolute Gasteiger partial charge is 0.433 e. The second-order valence-electron chi connectivity index (χ2n) is 5.74. The lowest BCUT2D eigenvalue weighted by Gasteiger charge is -2.10. The van der Waals surface area contributed by atoms with Crippen molar-refractivity contribution in [1.82, 2.24) is 24.5 Å². The molecule has 3 aromatic heterocycles. The molecule has 29 heavy (non-hydrogen) atoms. The van der Waals surface area contributed by atoms with Crippen molar-refractivity contribution in [3.05, 3.63) is 44.7 Å². The third kappa shape index (κ3) is 4.22. The molecule has 0 saturated heterocycles. The summed E-state index contributed by atoms with van der Waals surface area (Å²) in [6.45, 7) is 3.60. The third-order valence-corrected chi connectivity index (χ3v) is 4.86. The number of thiazole rings is 1. The van der Waals surface area contributed by atoms with Gasteiger partial charge in [0, 0.05) is 18.7 Å². The molecule has 0 aromatic carbocycles. The molecule has 13 heteroatoms. The molecular formula is C16H15ClF3N5O3S. The van der Waals surface area contributed by atoms with Gasteiger partial charge in [0.05, 0.1) is 18.8 Å². The number of ether oxygens (including phenoxy) is 1. The zero-order valence-corrected chi connectivity index (χ0v) is 16.8. The number of carbonyl (C=O) groups excluding carboxylic acids is 1. The van der Waals surface area contributed by atoms with Crippen LogP contribution in [0.3, 0.4) is 0 Å². The standard InChI is InChI=1S/C16H15ClF3N5O3S/c1-3-21-13(27)12-14(28-4-2)29-15-22-8(5-11(26)25(12)15)7-24-9(16(18,19)20)6-10(17)23-24/h5-6H,3-4,7H2,1-2H3,(H,21,27). The fourth-order valence-electron chi connectivity index (χ4n) is 2.64. The number of aromatic nitrogens is 4. The van der Waals surface area contributed by atoms with E-state index in [-0.39, 0.29) is 33.2 Å². The Morgan fingerprint density at radius 2 is 2.07 bits per heavy atom. The second kappa shape index (κ2) is 8.03. The van der Waals surface area contributed by atoms with E-state index < -0.39 is 29.9 Å². The van der Waals surface area contributed by atoms with Gasteiger partial charge in [0.1, 0.15) is 5.69 Å². The quantitative estimate of drug-likeness (QED) is 0.625. The van der Waals surface area contributed by atoms with Crippen molar-refractivity contribution < 1.29 is 22.7 Å². The normalized spacial score (nSPS) is 11.8. The number of hydrogen-bond donors (Lipinski definition) is 1. The van der Waals surface area contributed by atoms with Gasteiger partial charge in [-0.1, -0.05) is 22.9 Å². The maximum Gasteiger partial charge on any atom is 0.433 e. The zero-order chi connectivity index (χ0) is 21.3. The first-order valence-electron chi connectivity index (χ1n) is 8.42. The van der Waals surface area contributed by atoms with Gasteiger partial charge >= 0.3 is 6.18 Å². The van der Waals surface area contributed by atoms with Gasteiger partial charge in [0.25, 0.3) is 11.5 Å². The van der Waals surface area contributed by atoms with E-state index in [9.17, 15) is 22.8 Å². The molecule has 1 N–H and O–H groups in total. The van der Waals surface area contributed by atoms with Crippen molar-refractivity contribution in [1.29, 1.82) is 0 Å². The molecule has 1 amide bonds. The van der Waals surface area contributed by atoms with Crippen molar-refractivity contribution in [2.75, 3.05) is 13.2 Å². The predicted octanol–water partition coefficient (Wildman–Crippen LogP) is 2.82. The van der Waals surface area contributed by atoms with Gasteiger partial charge in [0.15, 0.2) is 10.8 Å². The Balaban J connectivity index is 2.10.